The third-order valence-corrected chi connectivity index (χ3v) is 5.09. The van der Waals surface area contributed by atoms with Gasteiger partial charge in [0.1, 0.15) is 5.75 Å². The number of carbonyl (C=O) groups is 1. The van der Waals surface area contributed by atoms with Gasteiger partial charge in [0.25, 0.3) is 0 Å². The fourth-order valence-electron chi connectivity index (χ4n) is 3.77. The fourth-order valence-corrected chi connectivity index (χ4v) is 3.77. The first-order chi connectivity index (χ1) is 11.4. The molecule has 1 aliphatic carbocycles. The molecule has 0 saturated heterocycles. The maximum absolute atomic E-state index is 10.8. The monoisotopic (exact) mass is 376 g/mol. The Balaban J connectivity index is 0.00000169. The molecule has 0 spiro atoms. The van der Waals surface area contributed by atoms with Crippen LogP contribution in [-0.4, -0.2) is 85.1 Å². The molecule has 0 radical (unpaired) electrons. The molecular formula is C19H26N2Na2O3. The van der Waals surface area contributed by atoms with E-state index in [1.807, 2.05) is 20.8 Å². The summed E-state index contributed by atoms with van der Waals surface area (Å²) in [6.07, 6.45) is 3.92. The number of nitrogens with zero attached hydrogens (tertiary/aromatic N) is 2. The Labute approximate surface area is 198 Å². The SMILES string of the molecule is Cc1cc(Cc2c(C)nn(CCC(=O)O)c2C)c2c(c1O)CCC2.[NaH].[NaH]. The Kier molecular flexibility index (Phi) is 8.91. The van der Waals surface area contributed by atoms with Crippen LogP contribution in [0.25, 0.3) is 0 Å². The number of phenols is 1. The zero-order valence-electron chi connectivity index (χ0n) is 14.5. The Bertz CT molecular complexity index is 816. The molecule has 1 heterocycles. The molecule has 132 valence electrons. The third-order valence-electron chi connectivity index (χ3n) is 5.09. The maximum atomic E-state index is 10.8. The van der Waals surface area contributed by atoms with Gasteiger partial charge in [0.15, 0.2) is 0 Å². The zero-order valence-corrected chi connectivity index (χ0v) is 14.5. The van der Waals surface area contributed by atoms with E-state index < -0.39 is 5.97 Å². The first-order valence-corrected chi connectivity index (χ1v) is 8.46. The van der Waals surface area contributed by atoms with Gasteiger partial charge in [-0.3, -0.25) is 9.48 Å². The van der Waals surface area contributed by atoms with Crippen LogP contribution in [0.1, 0.15) is 52.0 Å². The molecule has 0 fully saturated rings. The van der Waals surface area contributed by atoms with E-state index in [0.29, 0.717) is 12.3 Å². The Morgan fingerprint density at radius 3 is 2.50 bits per heavy atom. The van der Waals surface area contributed by atoms with Crippen molar-refractivity contribution < 1.29 is 15.0 Å². The van der Waals surface area contributed by atoms with Crippen LogP contribution in [0.2, 0.25) is 0 Å². The number of aryl methyl sites for hydroxylation is 3. The van der Waals surface area contributed by atoms with Gasteiger partial charge in [0.05, 0.1) is 18.7 Å². The molecule has 0 aliphatic heterocycles. The molecule has 26 heavy (non-hydrogen) atoms. The minimum absolute atomic E-state index is 0. The summed E-state index contributed by atoms with van der Waals surface area (Å²) in [5, 5.41) is 23.7. The molecule has 2 N–H and O–H groups in total. The number of benzene rings is 1. The van der Waals surface area contributed by atoms with E-state index in [4.69, 9.17) is 5.11 Å². The van der Waals surface area contributed by atoms with E-state index in [2.05, 4.69) is 11.2 Å². The first-order valence-electron chi connectivity index (χ1n) is 8.46. The number of fused-ring (bicyclic) bond motifs is 1. The molecule has 0 atom stereocenters. The van der Waals surface area contributed by atoms with Crippen molar-refractivity contribution in [3.8, 4) is 5.75 Å². The van der Waals surface area contributed by atoms with Crippen molar-refractivity contribution in [2.45, 2.75) is 59.4 Å². The molecule has 0 unspecified atom stereocenters. The van der Waals surface area contributed by atoms with Gasteiger partial charge < -0.3 is 10.2 Å². The van der Waals surface area contributed by atoms with E-state index in [1.54, 1.807) is 4.68 Å². The average Bonchev–Trinajstić information content (AvgIpc) is 3.11. The van der Waals surface area contributed by atoms with Gasteiger partial charge in [-0.1, -0.05) is 6.07 Å². The second-order valence-corrected chi connectivity index (χ2v) is 6.70. The van der Waals surface area contributed by atoms with E-state index in [9.17, 15) is 9.90 Å². The summed E-state index contributed by atoms with van der Waals surface area (Å²) in [5.74, 6) is -0.354. The summed E-state index contributed by atoms with van der Waals surface area (Å²) in [5.41, 5.74) is 7.75. The summed E-state index contributed by atoms with van der Waals surface area (Å²) in [4.78, 5) is 10.8. The predicted molar refractivity (Wildman–Crippen MR) is 106 cm³/mol. The van der Waals surface area contributed by atoms with Crippen molar-refractivity contribution in [3.63, 3.8) is 0 Å². The van der Waals surface area contributed by atoms with Crippen molar-refractivity contribution in [1.29, 1.82) is 0 Å². The summed E-state index contributed by atoms with van der Waals surface area (Å²) in [6.45, 7) is 6.33. The van der Waals surface area contributed by atoms with E-state index in [1.165, 1.54) is 16.7 Å². The second kappa shape index (κ2) is 9.76. The number of aromatic nitrogens is 2. The number of carboxylic acids is 1. The number of phenolic OH excluding ortho intramolecular Hbond substituents is 1. The van der Waals surface area contributed by atoms with Crippen LogP contribution in [-0.2, 0) is 30.6 Å². The molecule has 1 aromatic heterocycles. The van der Waals surface area contributed by atoms with Crippen LogP contribution in [0.3, 0.4) is 0 Å². The van der Waals surface area contributed by atoms with Gasteiger partial charge in [0, 0.05) is 17.7 Å². The van der Waals surface area contributed by atoms with Crippen molar-refractivity contribution in [3.05, 3.63) is 45.3 Å². The molecule has 0 amide bonds. The number of hydrogen-bond donors (Lipinski definition) is 2. The van der Waals surface area contributed by atoms with Crippen LogP contribution < -0.4 is 0 Å². The van der Waals surface area contributed by atoms with Gasteiger partial charge in [0.2, 0.25) is 0 Å². The molecular weight excluding hydrogens is 350 g/mol. The van der Waals surface area contributed by atoms with Crippen LogP contribution >= 0.6 is 0 Å². The van der Waals surface area contributed by atoms with Gasteiger partial charge in [-0.25, -0.2) is 0 Å². The number of aromatic hydroxyl groups is 1. The standard InChI is InChI=1S/C19H24N2O3.2Na.2H/c1-11-9-14(15-5-4-6-16(15)19(11)24)10-17-12(2)20-21(13(17)3)8-7-18(22)23;;;;/h9,24H,4-8,10H2,1-3H3,(H,22,23);;;;. The molecule has 0 saturated carbocycles. The van der Waals surface area contributed by atoms with Crippen molar-refractivity contribution in [2.75, 3.05) is 0 Å². The van der Waals surface area contributed by atoms with Crippen molar-refractivity contribution >= 4 is 65.1 Å². The fraction of sp³-hybridized carbons (Fsp3) is 0.474. The molecule has 1 aromatic carbocycles. The molecule has 2 aromatic rings. The van der Waals surface area contributed by atoms with E-state index >= 15 is 0 Å². The van der Waals surface area contributed by atoms with Crippen LogP contribution in [0.15, 0.2) is 6.07 Å². The van der Waals surface area contributed by atoms with Crippen molar-refractivity contribution in [1.82, 2.24) is 9.78 Å². The summed E-state index contributed by atoms with van der Waals surface area (Å²) in [7, 11) is 0. The number of aliphatic carboxylic acids is 1. The third kappa shape index (κ3) is 4.75. The van der Waals surface area contributed by atoms with E-state index in [0.717, 1.165) is 48.2 Å². The Hall–Kier alpha value is -0.300. The Morgan fingerprint density at radius 1 is 1.19 bits per heavy atom. The zero-order chi connectivity index (χ0) is 17.4. The first kappa shape index (κ1) is 23.7. The summed E-state index contributed by atoms with van der Waals surface area (Å²) < 4.78 is 1.80. The average molecular weight is 376 g/mol. The second-order valence-electron chi connectivity index (χ2n) is 6.70. The predicted octanol–water partition coefficient (Wildman–Crippen LogP) is 1.77. The van der Waals surface area contributed by atoms with Crippen LogP contribution in [0.4, 0.5) is 0 Å². The number of rotatable bonds is 5. The molecule has 0 bridgehead atoms. The normalized spacial score (nSPS) is 12.3. The van der Waals surface area contributed by atoms with Gasteiger partial charge in [-0.15, -0.1) is 0 Å². The molecule has 3 rings (SSSR count). The summed E-state index contributed by atoms with van der Waals surface area (Å²) >= 11 is 0. The van der Waals surface area contributed by atoms with Crippen molar-refractivity contribution in [2.24, 2.45) is 0 Å². The van der Waals surface area contributed by atoms with Crippen LogP contribution in [0.5, 0.6) is 5.75 Å². The number of hydrogen-bond acceptors (Lipinski definition) is 3. The van der Waals surface area contributed by atoms with Gasteiger partial charge >= 0.3 is 65.1 Å². The quantitative estimate of drug-likeness (QED) is 0.780. The topological polar surface area (TPSA) is 75.4 Å². The molecule has 7 heteroatoms. The molecule has 5 nitrogen and oxygen atoms in total. The van der Waals surface area contributed by atoms with Gasteiger partial charge in [-0.2, -0.15) is 5.10 Å². The van der Waals surface area contributed by atoms with E-state index in [-0.39, 0.29) is 65.5 Å². The van der Waals surface area contributed by atoms with Gasteiger partial charge in [-0.05, 0) is 62.3 Å². The molecule has 1 aliphatic rings. The van der Waals surface area contributed by atoms with Crippen LogP contribution in [0, 0.1) is 20.8 Å². The minimum atomic E-state index is -0.809. The number of carboxylic acid groups (broad SMARTS) is 1. The Morgan fingerprint density at radius 2 is 1.85 bits per heavy atom. The summed E-state index contributed by atoms with van der Waals surface area (Å²) in [6, 6.07) is 2.09.